The van der Waals surface area contributed by atoms with Crippen LogP contribution in [0.25, 0.3) is 0 Å². The quantitative estimate of drug-likeness (QED) is 0.813. The number of carboxylic acid groups (broad SMARTS) is 1. The molecular weight excluding hydrogens is 370 g/mol. The zero-order valence-corrected chi connectivity index (χ0v) is 17.2. The fraction of sp³-hybridized carbons (Fsp3) is 0.714. The second kappa shape index (κ2) is 8.65. The third kappa shape index (κ3) is 4.52. The number of hydrogen-bond acceptors (Lipinski definition) is 5. The summed E-state index contributed by atoms with van der Waals surface area (Å²) < 4.78 is 0. The van der Waals surface area contributed by atoms with E-state index in [4.69, 9.17) is 10.1 Å². The van der Waals surface area contributed by atoms with E-state index in [1.165, 1.54) is 0 Å². The highest BCUT2D eigenvalue weighted by molar-refractivity contribution is 5.93. The van der Waals surface area contributed by atoms with Gasteiger partial charge < -0.3 is 14.9 Å². The third-order valence-corrected chi connectivity index (χ3v) is 6.72. The van der Waals surface area contributed by atoms with Crippen molar-refractivity contribution < 1.29 is 14.7 Å². The molecule has 1 aliphatic carbocycles. The first kappa shape index (κ1) is 20.1. The van der Waals surface area contributed by atoms with Crippen LogP contribution in [0.2, 0.25) is 0 Å². The highest BCUT2D eigenvalue weighted by Gasteiger charge is 2.37. The third-order valence-electron chi connectivity index (χ3n) is 6.72. The number of urea groups is 1. The van der Waals surface area contributed by atoms with E-state index in [9.17, 15) is 9.59 Å². The molecule has 8 nitrogen and oxygen atoms in total. The van der Waals surface area contributed by atoms with Crippen LogP contribution in [0.1, 0.15) is 49.9 Å². The lowest BCUT2D eigenvalue weighted by atomic mass is 9.83. The average molecular weight is 402 g/mol. The Morgan fingerprint density at radius 2 is 1.83 bits per heavy atom. The van der Waals surface area contributed by atoms with Crippen molar-refractivity contribution in [2.24, 2.45) is 5.92 Å². The number of carbonyl (C=O) groups is 2. The molecule has 2 amide bonds. The number of aliphatic carboxylic acids is 1. The Labute approximate surface area is 171 Å². The van der Waals surface area contributed by atoms with Gasteiger partial charge in [-0.25, -0.2) is 9.78 Å². The van der Waals surface area contributed by atoms with E-state index >= 15 is 0 Å². The van der Waals surface area contributed by atoms with Crippen LogP contribution in [0.4, 0.5) is 10.6 Å². The largest absolute Gasteiger partial charge is 0.481 e. The number of amides is 2. The van der Waals surface area contributed by atoms with Gasteiger partial charge in [-0.05, 0) is 45.1 Å². The molecule has 0 aromatic carbocycles. The van der Waals surface area contributed by atoms with Gasteiger partial charge in [-0.15, -0.1) is 0 Å². The number of fused-ring (bicyclic) bond motifs is 1. The van der Waals surface area contributed by atoms with Crippen LogP contribution in [0.5, 0.6) is 0 Å². The lowest BCUT2D eigenvalue weighted by Gasteiger charge is -2.34. The molecule has 0 atom stereocenters. The van der Waals surface area contributed by atoms with Gasteiger partial charge in [0.05, 0.1) is 17.6 Å². The smallest absolute Gasteiger partial charge is 0.326 e. The van der Waals surface area contributed by atoms with Gasteiger partial charge in [0.25, 0.3) is 0 Å². The van der Waals surface area contributed by atoms with Crippen molar-refractivity contribution in [1.82, 2.24) is 19.8 Å². The summed E-state index contributed by atoms with van der Waals surface area (Å²) in [4.78, 5) is 39.4. The van der Waals surface area contributed by atoms with E-state index in [2.05, 4.69) is 16.9 Å². The van der Waals surface area contributed by atoms with Crippen molar-refractivity contribution in [3.05, 3.63) is 17.6 Å². The zero-order valence-electron chi connectivity index (χ0n) is 17.2. The van der Waals surface area contributed by atoms with Crippen LogP contribution in [0.3, 0.4) is 0 Å². The molecular formula is C21H31N5O3. The van der Waals surface area contributed by atoms with Gasteiger partial charge in [-0.3, -0.25) is 14.7 Å². The number of rotatable bonds is 5. The van der Waals surface area contributed by atoms with Crippen molar-refractivity contribution in [3.63, 3.8) is 0 Å². The topological polar surface area (TPSA) is 89.9 Å². The lowest BCUT2D eigenvalue weighted by Crippen LogP contribution is -2.41. The molecule has 0 spiro atoms. The van der Waals surface area contributed by atoms with E-state index in [1.807, 2.05) is 4.90 Å². The van der Waals surface area contributed by atoms with Gasteiger partial charge in [0, 0.05) is 51.5 Å². The van der Waals surface area contributed by atoms with Crippen molar-refractivity contribution in [2.45, 2.75) is 57.4 Å². The van der Waals surface area contributed by atoms with Crippen LogP contribution >= 0.6 is 0 Å². The fourth-order valence-electron chi connectivity index (χ4n) is 4.86. The van der Waals surface area contributed by atoms with Crippen LogP contribution in [0, 0.1) is 5.92 Å². The maximum absolute atomic E-state index is 13.1. The summed E-state index contributed by atoms with van der Waals surface area (Å²) in [5.74, 6) is 0.437. The van der Waals surface area contributed by atoms with Crippen LogP contribution in [0.15, 0.2) is 6.20 Å². The molecule has 1 saturated heterocycles. The number of carbonyl (C=O) groups excluding carboxylic acids is 1. The van der Waals surface area contributed by atoms with Gasteiger partial charge in [0.15, 0.2) is 5.82 Å². The molecule has 4 rings (SSSR count). The SMILES string of the molecule is CN1CCc2ncc(N3CCN(C4CCC(CCC(=O)O)CC4)C3=O)nc2CC1. The van der Waals surface area contributed by atoms with Gasteiger partial charge in [-0.1, -0.05) is 0 Å². The fourth-order valence-corrected chi connectivity index (χ4v) is 4.86. The molecule has 1 N–H and O–H groups in total. The molecule has 29 heavy (non-hydrogen) atoms. The minimum Gasteiger partial charge on any atom is -0.481 e. The van der Waals surface area contributed by atoms with Gasteiger partial charge in [0.2, 0.25) is 0 Å². The van der Waals surface area contributed by atoms with E-state index in [0.29, 0.717) is 18.3 Å². The number of hydrogen-bond donors (Lipinski definition) is 1. The Hall–Kier alpha value is -2.22. The molecule has 1 aromatic heterocycles. The summed E-state index contributed by atoms with van der Waals surface area (Å²) in [5.41, 5.74) is 2.08. The molecule has 0 radical (unpaired) electrons. The van der Waals surface area contributed by atoms with Gasteiger partial charge >= 0.3 is 12.0 Å². The standard InChI is InChI=1S/C21H31N5O3/c1-24-10-8-17-18(9-11-24)23-19(14-22-17)26-13-12-25(21(26)29)16-5-2-15(3-6-16)4-7-20(27)28/h14-16H,2-13H2,1H3,(H,27,28). The van der Waals surface area contributed by atoms with E-state index < -0.39 is 5.97 Å². The molecule has 3 heterocycles. The summed E-state index contributed by atoms with van der Waals surface area (Å²) in [5, 5.41) is 8.87. The lowest BCUT2D eigenvalue weighted by molar-refractivity contribution is -0.137. The molecule has 8 heteroatoms. The maximum atomic E-state index is 13.1. The van der Waals surface area contributed by atoms with Crippen LogP contribution < -0.4 is 4.90 Å². The summed E-state index contributed by atoms with van der Waals surface area (Å²) in [6.45, 7) is 3.35. The average Bonchev–Trinajstić information content (AvgIpc) is 3.00. The monoisotopic (exact) mass is 401 g/mol. The van der Waals surface area contributed by atoms with E-state index in [-0.39, 0.29) is 18.5 Å². The second-order valence-electron chi connectivity index (χ2n) is 8.66. The predicted octanol–water partition coefficient (Wildman–Crippen LogP) is 2.17. The second-order valence-corrected chi connectivity index (χ2v) is 8.66. The number of likely N-dealkylation sites (N-methyl/N-ethyl adjacent to an activating group) is 1. The molecule has 2 fully saturated rings. The van der Waals surface area contributed by atoms with Crippen molar-refractivity contribution in [2.75, 3.05) is 38.1 Å². The van der Waals surface area contributed by atoms with Crippen molar-refractivity contribution in [3.8, 4) is 0 Å². The summed E-state index contributed by atoms with van der Waals surface area (Å²) >= 11 is 0. The highest BCUT2D eigenvalue weighted by Crippen LogP contribution is 2.32. The van der Waals surface area contributed by atoms with Gasteiger partial charge in [-0.2, -0.15) is 0 Å². The van der Waals surface area contributed by atoms with E-state index in [0.717, 1.165) is 76.0 Å². The highest BCUT2D eigenvalue weighted by atomic mass is 16.4. The maximum Gasteiger partial charge on any atom is 0.326 e. The number of anilines is 1. The summed E-state index contributed by atoms with van der Waals surface area (Å²) in [6.07, 6.45) is 8.48. The normalized spacial score (nSPS) is 25.8. The number of nitrogens with zero attached hydrogens (tertiary/aromatic N) is 5. The molecule has 3 aliphatic rings. The first-order valence-corrected chi connectivity index (χ1v) is 10.8. The first-order chi connectivity index (χ1) is 14.0. The van der Waals surface area contributed by atoms with Crippen molar-refractivity contribution >= 4 is 17.8 Å². The Bertz CT molecular complexity index is 763. The van der Waals surface area contributed by atoms with Crippen LogP contribution in [-0.2, 0) is 17.6 Å². The molecule has 158 valence electrons. The Kier molecular flexibility index (Phi) is 5.99. The Morgan fingerprint density at radius 1 is 1.10 bits per heavy atom. The minimum absolute atomic E-state index is 0.0407. The van der Waals surface area contributed by atoms with Crippen molar-refractivity contribution in [1.29, 1.82) is 0 Å². The molecule has 1 saturated carbocycles. The molecule has 0 bridgehead atoms. The summed E-state index contributed by atoms with van der Waals surface area (Å²) in [6, 6.07) is 0.301. The van der Waals surface area contributed by atoms with Gasteiger partial charge in [0.1, 0.15) is 0 Å². The van der Waals surface area contributed by atoms with Crippen LogP contribution in [-0.4, -0.2) is 76.1 Å². The first-order valence-electron chi connectivity index (χ1n) is 10.8. The predicted molar refractivity (Wildman–Crippen MR) is 109 cm³/mol. The number of aromatic nitrogens is 2. The molecule has 2 aliphatic heterocycles. The Balaban J connectivity index is 1.37. The summed E-state index contributed by atoms with van der Waals surface area (Å²) in [7, 11) is 2.12. The molecule has 0 unspecified atom stereocenters. The van der Waals surface area contributed by atoms with E-state index in [1.54, 1.807) is 11.1 Å². The number of carboxylic acids is 1. The Morgan fingerprint density at radius 3 is 2.55 bits per heavy atom. The zero-order chi connectivity index (χ0) is 20.4. The minimum atomic E-state index is -0.717. The molecule has 1 aromatic rings.